The lowest BCUT2D eigenvalue weighted by molar-refractivity contribution is -0.143. The van der Waals surface area contributed by atoms with Gasteiger partial charge in [0.2, 0.25) is 5.91 Å². The molecule has 1 N–H and O–H groups in total. The summed E-state index contributed by atoms with van der Waals surface area (Å²) < 4.78 is 0. The van der Waals surface area contributed by atoms with Crippen molar-refractivity contribution in [2.24, 2.45) is 5.41 Å². The minimum atomic E-state index is -0.117. The Bertz CT molecular complexity index is 247. The average Bonchev–Trinajstić information content (AvgIpc) is 2.80. The topological polar surface area (TPSA) is 32.3 Å². The van der Waals surface area contributed by atoms with E-state index in [1.807, 2.05) is 0 Å². The van der Waals surface area contributed by atoms with Crippen LogP contribution in [-0.2, 0) is 4.79 Å². The van der Waals surface area contributed by atoms with Crippen molar-refractivity contribution in [3.63, 3.8) is 0 Å². The molecule has 0 aromatic carbocycles. The molecule has 0 bridgehead atoms. The summed E-state index contributed by atoms with van der Waals surface area (Å²) in [6.07, 6.45) is 4.15. The van der Waals surface area contributed by atoms with Crippen molar-refractivity contribution in [2.45, 2.75) is 59.4 Å². The number of hydrogen-bond donors (Lipinski definition) is 1. The van der Waals surface area contributed by atoms with Gasteiger partial charge in [0.25, 0.3) is 0 Å². The Hall–Kier alpha value is -0.570. The van der Waals surface area contributed by atoms with Crippen LogP contribution in [0, 0.1) is 5.41 Å². The Morgan fingerprint density at radius 2 is 2.12 bits per heavy atom. The third-order valence-corrected chi connectivity index (χ3v) is 4.15. The van der Waals surface area contributed by atoms with Crippen molar-refractivity contribution in [1.82, 2.24) is 10.2 Å². The van der Waals surface area contributed by atoms with E-state index in [1.165, 1.54) is 0 Å². The van der Waals surface area contributed by atoms with Gasteiger partial charge in [0, 0.05) is 19.1 Å². The van der Waals surface area contributed by atoms with Crippen molar-refractivity contribution in [1.29, 1.82) is 0 Å². The first-order chi connectivity index (χ1) is 8.11. The maximum absolute atomic E-state index is 12.8. The molecular weight excluding hydrogens is 212 g/mol. The molecule has 1 aliphatic rings. The summed E-state index contributed by atoms with van der Waals surface area (Å²) in [5, 5.41) is 3.37. The van der Waals surface area contributed by atoms with Crippen LogP contribution in [0.3, 0.4) is 0 Å². The lowest BCUT2D eigenvalue weighted by atomic mass is 9.80. The number of hydrogen-bond acceptors (Lipinski definition) is 2. The molecule has 1 saturated heterocycles. The molecule has 1 amide bonds. The summed E-state index contributed by atoms with van der Waals surface area (Å²) in [6, 6.07) is 0.363. The van der Waals surface area contributed by atoms with Crippen molar-refractivity contribution >= 4 is 5.91 Å². The molecule has 1 heterocycles. The minimum absolute atomic E-state index is 0.117. The highest BCUT2D eigenvalue weighted by Crippen LogP contribution is 2.34. The molecular formula is C14H28N2O. The van der Waals surface area contributed by atoms with Crippen molar-refractivity contribution in [2.75, 3.05) is 19.6 Å². The van der Waals surface area contributed by atoms with Gasteiger partial charge in [0.05, 0.1) is 5.41 Å². The number of amides is 1. The van der Waals surface area contributed by atoms with Gasteiger partial charge in [-0.15, -0.1) is 0 Å². The van der Waals surface area contributed by atoms with Gasteiger partial charge in [-0.05, 0) is 39.7 Å². The first kappa shape index (κ1) is 14.5. The van der Waals surface area contributed by atoms with E-state index in [2.05, 4.69) is 37.9 Å². The largest absolute Gasteiger partial charge is 0.340 e. The molecule has 1 fully saturated rings. The number of nitrogens with zero attached hydrogens (tertiary/aromatic N) is 1. The van der Waals surface area contributed by atoms with Crippen molar-refractivity contribution in [3.05, 3.63) is 0 Å². The highest BCUT2D eigenvalue weighted by molar-refractivity contribution is 5.83. The fraction of sp³-hybridized carbons (Fsp3) is 0.929. The predicted molar refractivity (Wildman–Crippen MR) is 72.0 cm³/mol. The molecule has 0 aliphatic carbocycles. The monoisotopic (exact) mass is 240 g/mol. The molecule has 0 aromatic heterocycles. The van der Waals surface area contributed by atoms with E-state index in [1.54, 1.807) is 0 Å². The Balaban J connectivity index is 2.82. The zero-order valence-corrected chi connectivity index (χ0v) is 11.9. The van der Waals surface area contributed by atoms with Gasteiger partial charge in [-0.2, -0.15) is 0 Å². The second kappa shape index (κ2) is 6.39. The third-order valence-electron chi connectivity index (χ3n) is 4.15. The van der Waals surface area contributed by atoms with Gasteiger partial charge in [0.1, 0.15) is 0 Å². The molecule has 100 valence electrons. The van der Waals surface area contributed by atoms with Crippen LogP contribution in [0.2, 0.25) is 0 Å². The van der Waals surface area contributed by atoms with E-state index in [9.17, 15) is 4.79 Å². The first-order valence-electron chi connectivity index (χ1n) is 7.13. The third kappa shape index (κ3) is 3.01. The SMILES string of the molecule is CCCC1(C(=O)N(CC)C(C)CC)CCNC1. The van der Waals surface area contributed by atoms with E-state index >= 15 is 0 Å². The summed E-state index contributed by atoms with van der Waals surface area (Å²) in [5.41, 5.74) is -0.117. The van der Waals surface area contributed by atoms with Crippen LogP contribution < -0.4 is 5.32 Å². The normalized spacial score (nSPS) is 25.9. The molecule has 17 heavy (non-hydrogen) atoms. The minimum Gasteiger partial charge on any atom is -0.340 e. The number of carbonyl (C=O) groups is 1. The average molecular weight is 240 g/mol. The van der Waals surface area contributed by atoms with Crippen LogP contribution in [-0.4, -0.2) is 36.5 Å². The summed E-state index contributed by atoms with van der Waals surface area (Å²) in [6.45, 7) is 11.3. The summed E-state index contributed by atoms with van der Waals surface area (Å²) in [5.74, 6) is 0.376. The second-order valence-electron chi connectivity index (χ2n) is 5.31. The van der Waals surface area contributed by atoms with Crippen LogP contribution in [0.1, 0.15) is 53.4 Å². The second-order valence-corrected chi connectivity index (χ2v) is 5.31. The predicted octanol–water partition coefficient (Wildman–Crippen LogP) is 2.41. The summed E-state index contributed by atoms with van der Waals surface area (Å²) >= 11 is 0. The Morgan fingerprint density at radius 1 is 1.41 bits per heavy atom. The van der Waals surface area contributed by atoms with Gasteiger partial charge in [-0.25, -0.2) is 0 Å². The molecule has 3 nitrogen and oxygen atoms in total. The Morgan fingerprint density at radius 3 is 2.53 bits per heavy atom. The highest BCUT2D eigenvalue weighted by atomic mass is 16.2. The smallest absolute Gasteiger partial charge is 0.230 e. The molecule has 1 aliphatic heterocycles. The summed E-state index contributed by atoms with van der Waals surface area (Å²) in [7, 11) is 0. The van der Waals surface area contributed by atoms with E-state index in [4.69, 9.17) is 0 Å². The van der Waals surface area contributed by atoms with Crippen LogP contribution in [0.5, 0.6) is 0 Å². The summed E-state index contributed by atoms with van der Waals surface area (Å²) in [4.78, 5) is 14.8. The van der Waals surface area contributed by atoms with E-state index < -0.39 is 0 Å². The number of carbonyl (C=O) groups excluding carboxylic acids is 1. The number of nitrogens with one attached hydrogen (secondary N) is 1. The van der Waals surface area contributed by atoms with Crippen molar-refractivity contribution in [3.8, 4) is 0 Å². The lowest BCUT2D eigenvalue weighted by Gasteiger charge is -2.36. The maximum Gasteiger partial charge on any atom is 0.230 e. The zero-order valence-electron chi connectivity index (χ0n) is 11.9. The quantitative estimate of drug-likeness (QED) is 0.773. The standard InChI is InChI=1S/C14H28N2O/c1-5-8-14(9-10-15-11-14)13(17)16(7-3)12(4)6-2/h12,15H,5-11H2,1-4H3. The molecule has 0 spiro atoms. The van der Waals surface area contributed by atoms with Gasteiger partial charge in [0.15, 0.2) is 0 Å². The van der Waals surface area contributed by atoms with Crippen LogP contribution >= 0.6 is 0 Å². The molecule has 0 saturated carbocycles. The van der Waals surface area contributed by atoms with E-state index in [-0.39, 0.29) is 5.41 Å². The molecule has 0 aromatic rings. The van der Waals surface area contributed by atoms with Crippen molar-refractivity contribution < 1.29 is 4.79 Å². The fourth-order valence-corrected chi connectivity index (χ4v) is 2.91. The van der Waals surface area contributed by atoms with E-state index in [0.29, 0.717) is 11.9 Å². The van der Waals surface area contributed by atoms with E-state index in [0.717, 1.165) is 45.3 Å². The maximum atomic E-state index is 12.8. The molecule has 2 atom stereocenters. The molecule has 2 unspecified atom stereocenters. The Labute approximate surface area is 106 Å². The van der Waals surface area contributed by atoms with Gasteiger partial charge in [-0.1, -0.05) is 20.3 Å². The van der Waals surface area contributed by atoms with Crippen LogP contribution in [0.4, 0.5) is 0 Å². The van der Waals surface area contributed by atoms with Gasteiger partial charge >= 0.3 is 0 Å². The first-order valence-corrected chi connectivity index (χ1v) is 7.13. The number of rotatable bonds is 6. The Kier molecular flexibility index (Phi) is 5.44. The molecule has 3 heteroatoms. The molecule has 0 radical (unpaired) electrons. The van der Waals surface area contributed by atoms with Crippen LogP contribution in [0.15, 0.2) is 0 Å². The molecule has 1 rings (SSSR count). The van der Waals surface area contributed by atoms with Gasteiger partial charge in [-0.3, -0.25) is 4.79 Å². The lowest BCUT2D eigenvalue weighted by Crippen LogP contribution is -2.48. The zero-order chi connectivity index (χ0) is 12.9. The fourth-order valence-electron chi connectivity index (χ4n) is 2.91. The van der Waals surface area contributed by atoms with Crippen LogP contribution in [0.25, 0.3) is 0 Å². The van der Waals surface area contributed by atoms with Gasteiger partial charge < -0.3 is 10.2 Å². The highest BCUT2D eigenvalue weighted by Gasteiger charge is 2.43.